The Morgan fingerprint density at radius 1 is 0.444 bits per heavy atom. The minimum absolute atomic E-state index is 0. The third-order valence-electron chi connectivity index (χ3n) is 21.9. The van der Waals surface area contributed by atoms with Gasteiger partial charge < -0.3 is 68.1 Å². The van der Waals surface area contributed by atoms with Crippen molar-refractivity contribution < 1.29 is 57.3 Å². The quantitative estimate of drug-likeness (QED) is 0.0962. The molecule has 10 heterocycles. The van der Waals surface area contributed by atoms with Crippen LogP contribution in [0.25, 0.3) is 0 Å². The summed E-state index contributed by atoms with van der Waals surface area (Å²) in [5.41, 5.74) is 9.31. The molecule has 16 rings (SSSR count). The number of likely N-dealkylation sites (tertiary alicyclic amines) is 4. The molecule has 108 heavy (non-hydrogen) atoms. The van der Waals surface area contributed by atoms with E-state index in [1.54, 1.807) is 46.7 Å². The molecule has 4 saturated heterocycles. The van der Waals surface area contributed by atoms with Crippen LogP contribution in [0, 0.1) is 0 Å². The fourth-order valence-electron chi connectivity index (χ4n) is 16.6. The Labute approximate surface area is 647 Å². The zero-order valence-electron chi connectivity index (χ0n) is 62.8. The number of amides is 8. The molecule has 2 aliphatic carbocycles. The molecular weight excluding hydrogens is 1440 g/mol. The lowest BCUT2D eigenvalue weighted by molar-refractivity contribution is -0.129. The molecule has 0 radical (unpaired) electrons. The van der Waals surface area contributed by atoms with E-state index in [9.17, 15) is 38.4 Å². The van der Waals surface area contributed by atoms with Gasteiger partial charge in [-0.05, 0) is 203 Å². The third kappa shape index (κ3) is 14.7. The molecule has 2 aromatic heterocycles. The van der Waals surface area contributed by atoms with Gasteiger partial charge in [0.05, 0.1) is 48.9 Å². The number of unbranched alkanes of at least 4 members (excludes halogenated alkanes) is 2. The van der Waals surface area contributed by atoms with Crippen molar-refractivity contribution in [1.29, 1.82) is 0 Å². The maximum Gasteiger partial charge on any atom is 0.410 e. The van der Waals surface area contributed by atoms with Crippen molar-refractivity contribution in [2.24, 2.45) is 0 Å². The summed E-state index contributed by atoms with van der Waals surface area (Å²) in [7, 11) is 0. The number of fused-ring (bicyclic) bond motifs is 10. The van der Waals surface area contributed by atoms with E-state index >= 15 is 0 Å². The maximum absolute atomic E-state index is 13.9. The molecule has 578 valence electrons. The van der Waals surface area contributed by atoms with Gasteiger partial charge in [-0.15, -0.1) is 0 Å². The van der Waals surface area contributed by atoms with Gasteiger partial charge >= 0.3 is 24.4 Å². The molecule has 0 saturated carbocycles. The third-order valence-corrected chi connectivity index (χ3v) is 22.6. The average molecular weight is 1540 g/mol. The Morgan fingerprint density at radius 2 is 0.778 bits per heavy atom. The van der Waals surface area contributed by atoms with Crippen LogP contribution >= 0.6 is 34.8 Å². The van der Waals surface area contributed by atoms with E-state index in [1.165, 1.54) is 53.4 Å². The number of carbonyl (C=O) groups excluding carboxylic acids is 8. The maximum atomic E-state index is 13.9. The minimum atomic E-state index is -0.767. The number of imidazole rings is 2. The van der Waals surface area contributed by atoms with Crippen LogP contribution in [-0.2, 0) is 112 Å². The smallest absolute Gasteiger partial charge is 0.410 e. The fraction of sp³-hybridized carbons (Fsp3) is 0.531. The predicted octanol–water partition coefficient (Wildman–Crippen LogP) is 14.5. The van der Waals surface area contributed by atoms with Crippen LogP contribution in [0.5, 0.6) is 0 Å². The molecule has 4 aromatic carbocycles. The number of carbonyl (C=O) groups is 8. The normalized spacial score (nSPS) is 18.4. The van der Waals surface area contributed by atoms with Gasteiger partial charge in [0.25, 0.3) is 0 Å². The molecule has 27 heteroatoms. The van der Waals surface area contributed by atoms with Gasteiger partial charge in [-0.25, -0.2) is 29.1 Å². The number of halogens is 3. The monoisotopic (exact) mass is 1540 g/mol. The Bertz CT molecular complexity index is 4290. The van der Waals surface area contributed by atoms with Gasteiger partial charge in [0.15, 0.2) is 0 Å². The molecule has 8 aliphatic heterocycles. The predicted molar refractivity (Wildman–Crippen MR) is 414 cm³/mol. The summed E-state index contributed by atoms with van der Waals surface area (Å²) in [6, 6.07) is 24.2. The van der Waals surface area contributed by atoms with E-state index in [2.05, 4.69) is 33.6 Å². The Morgan fingerprint density at radius 3 is 1.16 bits per heavy atom. The van der Waals surface area contributed by atoms with Crippen LogP contribution in [0.15, 0.2) is 78.9 Å². The average Bonchev–Trinajstić information content (AvgIpc) is 1.55. The van der Waals surface area contributed by atoms with Gasteiger partial charge in [-0.2, -0.15) is 0 Å². The molecule has 24 nitrogen and oxygen atoms in total. The highest BCUT2D eigenvalue weighted by molar-refractivity contribution is 6.32. The van der Waals surface area contributed by atoms with E-state index in [1.807, 2.05) is 112 Å². The van der Waals surface area contributed by atoms with Crippen LogP contribution < -0.4 is 20.4 Å². The summed E-state index contributed by atoms with van der Waals surface area (Å²) < 4.78 is 25.7. The standard InChI is InChI=1S/2C26H33ClN4O3.C14H15ClN2O3.C14H16N2O3.CH4/c2*1-4-5-12-30-22-9-7-6-8-20(22)28-23(30)14-31-21-11-10-18(27)13-19(21)26(24(31)32)15-29(16-26)25(33)34-17(2)3;1-8(2)20-13(19)17-6-14(7-17)10-5-9(15)3-4-11(10)16-12(14)18;1-9(2)19-13(18)16-7-14(8-16)10-5-3-4-6-11(10)15-12(14)17;/h2*10-11,13,17H,4-9,12,14-16H2,1-3H3;3-5,8H,6-7H2,1-2H3,(H,16,18);3-6,9H,7-8H2,1-2H3,(H,15,17);1H4. The number of aromatic nitrogens is 4. The molecule has 2 N–H and O–H groups in total. The fourth-order valence-corrected chi connectivity index (χ4v) is 17.1. The SMILES string of the molecule is C.CC(C)OC(=O)N1CC2(C1)C(=O)Nc1ccc(Cl)cc12.CC(C)OC(=O)N1CC2(C1)C(=O)Nc1ccccc12.CCCCn1c(CN2C(=O)C3(CN(C(=O)OC(C)C)C3)c3cc(Cl)ccc32)nc2c1CCCC2.CCCCn1c(CN2C(=O)C3(CN(C(=O)OC(C)C)C3)c3cc(Cl)ccc32)nc2c1CCCC2. The number of para-hydroxylation sites is 1. The summed E-state index contributed by atoms with van der Waals surface area (Å²) in [5.74, 6) is 1.84. The van der Waals surface area contributed by atoms with Gasteiger partial charge in [-0.1, -0.05) is 87.1 Å². The van der Waals surface area contributed by atoms with Crippen molar-refractivity contribution >= 4 is 106 Å². The van der Waals surface area contributed by atoms with Gasteiger partial charge in [-0.3, -0.25) is 19.2 Å². The topological polar surface area (TPSA) is 253 Å². The lowest BCUT2D eigenvalue weighted by Gasteiger charge is -2.46. The first-order chi connectivity index (χ1) is 51.1. The van der Waals surface area contributed by atoms with Crippen LogP contribution in [-0.4, -0.2) is 163 Å². The highest BCUT2D eigenvalue weighted by Gasteiger charge is 2.63. The molecule has 10 aliphatic rings. The van der Waals surface area contributed by atoms with Crippen molar-refractivity contribution in [3.63, 3.8) is 0 Å². The van der Waals surface area contributed by atoms with Crippen LogP contribution in [0.2, 0.25) is 15.1 Å². The number of hydrogen-bond donors (Lipinski definition) is 2. The first-order valence-corrected chi connectivity index (χ1v) is 39.0. The molecule has 0 bridgehead atoms. The lowest BCUT2D eigenvalue weighted by atomic mass is 9.75. The first-order valence-electron chi connectivity index (χ1n) is 37.9. The van der Waals surface area contributed by atoms with Crippen LogP contribution in [0.1, 0.15) is 185 Å². The van der Waals surface area contributed by atoms with E-state index in [4.69, 9.17) is 63.7 Å². The van der Waals surface area contributed by atoms with Crippen LogP contribution in [0.4, 0.5) is 41.9 Å². The highest BCUT2D eigenvalue weighted by atomic mass is 35.5. The number of benzene rings is 4. The molecule has 0 unspecified atom stereocenters. The number of rotatable bonds is 14. The zero-order valence-corrected chi connectivity index (χ0v) is 65.1. The molecule has 4 fully saturated rings. The number of anilines is 4. The Kier molecular flexibility index (Phi) is 23.0. The number of nitrogens with zero attached hydrogens (tertiary/aromatic N) is 10. The second-order valence-corrected chi connectivity index (χ2v) is 32.3. The lowest BCUT2D eigenvalue weighted by Crippen LogP contribution is -2.65. The Balaban J connectivity index is 0.000000138. The number of nitrogens with one attached hydrogen (secondary N) is 2. The highest BCUT2D eigenvalue weighted by Crippen LogP contribution is 2.52. The van der Waals surface area contributed by atoms with Gasteiger partial charge in [0, 0.05) is 115 Å². The first kappa shape index (κ1) is 78.7. The second kappa shape index (κ2) is 31.6. The van der Waals surface area contributed by atoms with E-state index in [-0.39, 0.29) is 79.8 Å². The zero-order chi connectivity index (χ0) is 76.2. The van der Waals surface area contributed by atoms with Crippen molar-refractivity contribution in [2.75, 3.05) is 72.8 Å². The van der Waals surface area contributed by atoms with Gasteiger partial charge in [0.1, 0.15) is 33.3 Å². The van der Waals surface area contributed by atoms with E-state index in [0.717, 1.165) is 121 Å². The van der Waals surface area contributed by atoms with Crippen molar-refractivity contribution in [3.8, 4) is 0 Å². The molecule has 8 amide bonds. The van der Waals surface area contributed by atoms with Crippen molar-refractivity contribution in [3.05, 3.63) is 151 Å². The summed E-state index contributed by atoms with van der Waals surface area (Å²) in [4.78, 5) is 121. The largest absolute Gasteiger partial charge is 0.447 e. The molecule has 4 spiro atoms. The summed E-state index contributed by atoms with van der Waals surface area (Å²) in [5, 5.41) is 7.49. The summed E-state index contributed by atoms with van der Waals surface area (Å²) in [6.07, 6.45) is 11.1. The van der Waals surface area contributed by atoms with Crippen molar-refractivity contribution in [1.82, 2.24) is 38.7 Å². The summed E-state index contributed by atoms with van der Waals surface area (Å²) >= 11 is 18.7. The van der Waals surface area contributed by atoms with Gasteiger partial charge in [0.2, 0.25) is 23.6 Å². The Hall–Kier alpha value is -8.87. The molecule has 6 aromatic rings. The number of hydrogen-bond acceptors (Lipinski definition) is 14. The molecular formula is C81H101Cl3N12O12. The van der Waals surface area contributed by atoms with Crippen molar-refractivity contribution in [2.45, 2.75) is 226 Å². The molecule has 0 atom stereocenters. The van der Waals surface area contributed by atoms with E-state index in [0.29, 0.717) is 80.5 Å². The van der Waals surface area contributed by atoms with E-state index < -0.39 is 21.7 Å². The minimum Gasteiger partial charge on any atom is -0.447 e. The second-order valence-electron chi connectivity index (χ2n) is 31.0. The number of ether oxygens (including phenoxy) is 4. The number of aryl methyl sites for hydroxylation is 2. The van der Waals surface area contributed by atoms with Crippen LogP contribution in [0.3, 0.4) is 0 Å². The summed E-state index contributed by atoms with van der Waals surface area (Å²) in [6.45, 7) is 24.3.